The maximum Gasteiger partial charge on any atom is 0.240 e. The molecule has 1 heterocycles. The van der Waals surface area contributed by atoms with Crippen molar-refractivity contribution in [3.63, 3.8) is 0 Å². The zero-order chi connectivity index (χ0) is 13.8. The summed E-state index contributed by atoms with van der Waals surface area (Å²) in [4.78, 5) is 5.74. The largest absolute Gasteiger partial charge is 0.479 e. The number of hydrogen-bond donors (Lipinski definition) is 1. The average Bonchev–Trinajstić information content (AvgIpc) is 2.28. The fourth-order valence-corrected chi connectivity index (χ4v) is 2.78. The Morgan fingerprint density at radius 2 is 2.17 bits per heavy atom. The lowest BCUT2D eigenvalue weighted by Crippen LogP contribution is -2.21. The van der Waals surface area contributed by atoms with E-state index in [4.69, 9.17) is 16.3 Å². The summed E-state index contributed by atoms with van der Waals surface area (Å²) >= 11 is 5.45. The zero-order valence-electron chi connectivity index (χ0n) is 10.5. The number of ether oxygens (including phenoxy) is 1. The lowest BCUT2D eigenvalue weighted by atomic mass is 10.3. The molecule has 1 rings (SSSR count). The quantitative estimate of drug-likeness (QED) is 0.796. The SMILES string of the molecule is COc1nccc(N(C)C)c1NS(=O)(=O)CCCl. The Kier molecular flexibility index (Phi) is 5.03. The number of anilines is 2. The number of nitrogens with zero attached hydrogens (tertiary/aromatic N) is 2. The highest BCUT2D eigenvalue weighted by Crippen LogP contribution is 2.32. The lowest BCUT2D eigenvalue weighted by molar-refractivity contribution is 0.400. The van der Waals surface area contributed by atoms with Gasteiger partial charge in [-0.3, -0.25) is 4.72 Å². The molecule has 102 valence electrons. The summed E-state index contributed by atoms with van der Waals surface area (Å²) in [5.41, 5.74) is 0.982. The van der Waals surface area contributed by atoms with Crippen molar-refractivity contribution in [1.29, 1.82) is 0 Å². The molecule has 8 heteroatoms. The van der Waals surface area contributed by atoms with Crippen molar-refractivity contribution >= 4 is 33.0 Å². The highest BCUT2D eigenvalue weighted by Gasteiger charge is 2.18. The molecule has 0 fully saturated rings. The summed E-state index contributed by atoms with van der Waals surface area (Å²) in [7, 11) is 1.53. The maximum absolute atomic E-state index is 11.7. The van der Waals surface area contributed by atoms with E-state index in [1.165, 1.54) is 7.11 Å². The zero-order valence-corrected chi connectivity index (χ0v) is 12.0. The molecule has 1 aromatic heterocycles. The van der Waals surface area contributed by atoms with Crippen molar-refractivity contribution in [3.05, 3.63) is 12.3 Å². The molecule has 0 saturated heterocycles. The van der Waals surface area contributed by atoms with Gasteiger partial charge in [-0.25, -0.2) is 13.4 Å². The van der Waals surface area contributed by atoms with Gasteiger partial charge in [-0.1, -0.05) is 0 Å². The number of methoxy groups -OCH3 is 1. The van der Waals surface area contributed by atoms with Gasteiger partial charge in [0.25, 0.3) is 0 Å². The van der Waals surface area contributed by atoms with Gasteiger partial charge >= 0.3 is 0 Å². The van der Waals surface area contributed by atoms with Crippen LogP contribution in [0, 0.1) is 0 Å². The summed E-state index contributed by atoms with van der Waals surface area (Å²) in [6, 6.07) is 1.70. The Labute approximate surface area is 112 Å². The first-order valence-corrected chi connectivity index (χ1v) is 7.36. The molecule has 18 heavy (non-hydrogen) atoms. The number of hydrogen-bond acceptors (Lipinski definition) is 5. The molecule has 1 N–H and O–H groups in total. The minimum Gasteiger partial charge on any atom is -0.479 e. The average molecular weight is 294 g/mol. The van der Waals surface area contributed by atoms with Crippen LogP contribution in [-0.2, 0) is 10.0 Å². The van der Waals surface area contributed by atoms with Gasteiger partial charge < -0.3 is 9.64 Å². The van der Waals surface area contributed by atoms with Gasteiger partial charge in [-0.2, -0.15) is 0 Å². The molecule has 0 bridgehead atoms. The van der Waals surface area contributed by atoms with E-state index in [2.05, 4.69) is 9.71 Å². The van der Waals surface area contributed by atoms with Crippen molar-refractivity contribution in [1.82, 2.24) is 4.98 Å². The van der Waals surface area contributed by atoms with Gasteiger partial charge in [0.15, 0.2) is 0 Å². The van der Waals surface area contributed by atoms with Crippen LogP contribution in [0.25, 0.3) is 0 Å². The number of nitrogens with one attached hydrogen (secondary N) is 1. The van der Waals surface area contributed by atoms with Gasteiger partial charge in [0.1, 0.15) is 5.69 Å². The predicted molar refractivity (Wildman–Crippen MR) is 73.2 cm³/mol. The molecule has 0 spiro atoms. The van der Waals surface area contributed by atoms with Crippen LogP contribution in [0.3, 0.4) is 0 Å². The van der Waals surface area contributed by atoms with E-state index in [9.17, 15) is 8.42 Å². The van der Waals surface area contributed by atoms with Gasteiger partial charge in [0.05, 0.1) is 18.6 Å². The topological polar surface area (TPSA) is 71.5 Å². The van der Waals surface area contributed by atoms with E-state index in [-0.39, 0.29) is 17.5 Å². The van der Waals surface area contributed by atoms with Crippen LogP contribution in [0.1, 0.15) is 0 Å². The Morgan fingerprint density at radius 1 is 1.50 bits per heavy atom. The van der Waals surface area contributed by atoms with E-state index in [0.29, 0.717) is 11.4 Å². The molecule has 0 radical (unpaired) electrons. The van der Waals surface area contributed by atoms with Gasteiger partial charge in [0.2, 0.25) is 15.9 Å². The van der Waals surface area contributed by atoms with Crippen molar-refractivity contribution < 1.29 is 13.2 Å². The van der Waals surface area contributed by atoms with Crippen LogP contribution in [0.15, 0.2) is 12.3 Å². The maximum atomic E-state index is 11.7. The van der Waals surface area contributed by atoms with Crippen LogP contribution >= 0.6 is 11.6 Å². The molecule has 0 aliphatic rings. The summed E-state index contributed by atoms with van der Waals surface area (Å²) in [6.45, 7) is 0. The molecular weight excluding hydrogens is 278 g/mol. The molecule has 1 aromatic rings. The van der Waals surface area contributed by atoms with Crippen molar-refractivity contribution in [2.75, 3.05) is 42.5 Å². The fourth-order valence-electron chi connectivity index (χ4n) is 1.36. The van der Waals surface area contributed by atoms with Crippen LogP contribution < -0.4 is 14.4 Å². The second kappa shape index (κ2) is 6.10. The molecule has 0 amide bonds. The van der Waals surface area contributed by atoms with Crippen molar-refractivity contribution in [2.45, 2.75) is 0 Å². The van der Waals surface area contributed by atoms with Crippen LogP contribution in [-0.4, -0.2) is 46.2 Å². The molecule has 0 aromatic carbocycles. The van der Waals surface area contributed by atoms with Gasteiger partial charge in [0, 0.05) is 26.2 Å². The molecule has 6 nitrogen and oxygen atoms in total. The first-order valence-electron chi connectivity index (χ1n) is 5.18. The van der Waals surface area contributed by atoms with E-state index in [1.807, 2.05) is 0 Å². The molecule has 0 aliphatic carbocycles. The smallest absolute Gasteiger partial charge is 0.240 e. The second-order valence-corrected chi connectivity index (χ2v) is 5.94. The number of pyridine rings is 1. The number of alkyl halides is 1. The predicted octanol–water partition coefficient (Wildman–Crippen LogP) is 1.14. The van der Waals surface area contributed by atoms with Crippen molar-refractivity contribution in [3.8, 4) is 5.88 Å². The third kappa shape index (κ3) is 3.64. The van der Waals surface area contributed by atoms with Crippen LogP contribution in [0.4, 0.5) is 11.4 Å². The Balaban J connectivity index is 3.20. The van der Waals surface area contributed by atoms with E-state index in [0.717, 1.165) is 0 Å². The number of aromatic nitrogens is 1. The summed E-state index contributed by atoms with van der Waals surface area (Å²) < 4.78 is 31.0. The highest BCUT2D eigenvalue weighted by molar-refractivity contribution is 7.92. The van der Waals surface area contributed by atoms with Crippen molar-refractivity contribution in [2.24, 2.45) is 0 Å². The molecule has 0 saturated carbocycles. The first kappa shape index (κ1) is 14.8. The van der Waals surface area contributed by atoms with Gasteiger partial charge in [-0.15, -0.1) is 11.6 Å². The first-order chi connectivity index (χ1) is 8.41. The third-order valence-corrected chi connectivity index (χ3v) is 3.84. The monoisotopic (exact) mass is 293 g/mol. The minimum atomic E-state index is -3.50. The molecular formula is C10H16ClN3O3S. The van der Waals surface area contributed by atoms with Crippen LogP contribution in [0.2, 0.25) is 0 Å². The fraction of sp³-hybridized carbons (Fsp3) is 0.500. The standard InChI is InChI=1S/C10H16ClN3O3S/c1-14(2)8-4-6-12-10(17-3)9(8)13-18(15,16)7-5-11/h4,6,13H,5,7H2,1-3H3. The highest BCUT2D eigenvalue weighted by atomic mass is 35.5. The summed E-state index contributed by atoms with van der Waals surface area (Å²) in [5, 5.41) is 0. The Morgan fingerprint density at radius 3 is 2.67 bits per heavy atom. The van der Waals surface area contributed by atoms with Crippen LogP contribution in [0.5, 0.6) is 5.88 Å². The van der Waals surface area contributed by atoms with Gasteiger partial charge in [-0.05, 0) is 6.07 Å². The summed E-state index contributed by atoms with van der Waals surface area (Å²) in [6.07, 6.45) is 1.55. The normalized spacial score (nSPS) is 11.1. The minimum absolute atomic E-state index is 0.0230. The molecule has 0 unspecified atom stereocenters. The second-order valence-electron chi connectivity index (χ2n) is 3.72. The number of rotatable bonds is 6. The Hall–Kier alpha value is -1.21. The molecule has 0 atom stereocenters. The van der Waals surface area contributed by atoms with E-state index >= 15 is 0 Å². The summed E-state index contributed by atoms with van der Waals surface area (Å²) in [5.74, 6) is 0.0775. The van der Waals surface area contributed by atoms with E-state index in [1.54, 1.807) is 31.3 Å². The number of sulfonamides is 1. The van der Waals surface area contributed by atoms with E-state index < -0.39 is 10.0 Å². The molecule has 0 aliphatic heterocycles. The third-order valence-electron chi connectivity index (χ3n) is 2.17. The number of halogens is 1. The Bertz CT molecular complexity index is 505. The lowest BCUT2D eigenvalue weighted by Gasteiger charge is -2.19.